The van der Waals surface area contributed by atoms with Crippen LogP contribution < -0.4 is 5.32 Å². The van der Waals surface area contributed by atoms with Crippen molar-refractivity contribution >= 4 is 0 Å². The van der Waals surface area contributed by atoms with Gasteiger partial charge in [0.15, 0.2) is 0 Å². The van der Waals surface area contributed by atoms with Gasteiger partial charge in [-0.1, -0.05) is 47.0 Å². The molecular formula is C13H27N. The standard InChI is InChI=1S/C13H27N/c1-5-14-13(10(2)3)11(4)9-12-7-6-8-12/h10-14H,5-9H2,1-4H3. The normalized spacial score (nSPS) is 22.1. The van der Waals surface area contributed by atoms with Gasteiger partial charge in [-0.3, -0.25) is 0 Å². The molecule has 1 heteroatoms. The molecule has 0 heterocycles. The molecule has 1 nitrogen and oxygen atoms in total. The summed E-state index contributed by atoms with van der Waals surface area (Å²) in [5.74, 6) is 2.66. The third-order valence-electron chi connectivity index (χ3n) is 3.70. The van der Waals surface area contributed by atoms with Gasteiger partial charge in [0.1, 0.15) is 0 Å². The van der Waals surface area contributed by atoms with Crippen LogP contribution in [0.1, 0.15) is 53.4 Å². The molecule has 2 atom stereocenters. The van der Waals surface area contributed by atoms with Crippen molar-refractivity contribution in [1.29, 1.82) is 0 Å². The highest BCUT2D eigenvalue weighted by Gasteiger charge is 2.25. The van der Waals surface area contributed by atoms with Crippen molar-refractivity contribution in [3.05, 3.63) is 0 Å². The fourth-order valence-electron chi connectivity index (χ4n) is 2.73. The average molecular weight is 197 g/mol. The molecule has 0 bridgehead atoms. The van der Waals surface area contributed by atoms with E-state index in [4.69, 9.17) is 0 Å². The number of hydrogen-bond donors (Lipinski definition) is 1. The Morgan fingerprint density at radius 1 is 1.21 bits per heavy atom. The molecule has 1 saturated carbocycles. The van der Waals surface area contributed by atoms with Crippen LogP contribution in [0.3, 0.4) is 0 Å². The molecule has 0 aromatic rings. The molecule has 0 aliphatic heterocycles. The lowest BCUT2D eigenvalue weighted by Gasteiger charge is -2.34. The second-order valence-electron chi connectivity index (χ2n) is 5.34. The summed E-state index contributed by atoms with van der Waals surface area (Å²) in [5.41, 5.74) is 0. The summed E-state index contributed by atoms with van der Waals surface area (Å²) >= 11 is 0. The van der Waals surface area contributed by atoms with Crippen molar-refractivity contribution in [2.75, 3.05) is 6.54 Å². The van der Waals surface area contributed by atoms with Crippen LogP contribution in [-0.4, -0.2) is 12.6 Å². The van der Waals surface area contributed by atoms with E-state index in [1.54, 1.807) is 0 Å². The average Bonchev–Trinajstić information content (AvgIpc) is 2.06. The minimum atomic E-state index is 0.723. The molecule has 0 saturated heterocycles. The summed E-state index contributed by atoms with van der Waals surface area (Å²) < 4.78 is 0. The van der Waals surface area contributed by atoms with Gasteiger partial charge in [0.2, 0.25) is 0 Å². The van der Waals surface area contributed by atoms with Crippen molar-refractivity contribution in [3.8, 4) is 0 Å². The Bertz CT molecular complexity index is 149. The Hall–Kier alpha value is -0.0400. The maximum absolute atomic E-state index is 3.64. The second-order valence-corrected chi connectivity index (χ2v) is 5.34. The Kier molecular flexibility index (Phi) is 4.94. The maximum Gasteiger partial charge on any atom is 0.0116 e. The minimum absolute atomic E-state index is 0.723. The van der Waals surface area contributed by atoms with Gasteiger partial charge in [0, 0.05) is 6.04 Å². The first-order valence-electron chi connectivity index (χ1n) is 6.38. The fourth-order valence-corrected chi connectivity index (χ4v) is 2.73. The van der Waals surface area contributed by atoms with Crippen LogP contribution in [0.15, 0.2) is 0 Å². The first kappa shape index (κ1) is 12.0. The zero-order valence-corrected chi connectivity index (χ0v) is 10.3. The summed E-state index contributed by atoms with van der Waals surface area (Å²) in [4.78, 5) is 0. The smallest absolute Gasteiger partial charge is 0.0116 e. The number of rotatable bonds is 6. The summed E-state index contributed by atoms with van der Waals surface area (Å²) in [6, 6.07) is 0.723. The maximum atomic E-state index is 3.64. The van der Waals surface area contributed by atoms with Crippen molar-refractivity contribution in [1.82, 2.24) is 5.32 Å². The van der Waals surface area contributed by atoms with E-state index in [0.29, 0.717) is 0 Å². The second kappa shape index (κ2) is 5.75. The molecule has 0 amide bonds. The topological polar surface area (TPSA) is 12.0 Å². The molecule has 84 valence electrons. The molecule has 1 fully saturated rings. The molecule has 2 unspecified atom stereocenters. The number of nitrogens with one attached hydrogen (secondary N) is 1. The largest absolute Gasteiger partial charge is 0.314 e. The first-order valence-corrected chi connectivity index (χ1v) is 6.38. The molecule has 1 N–H and O–H groups in total. The van der Waals surface area contributed by atoms with E-state index in [9.17, 15) is 0 Å². The van der Waals surface area contributed by atoms with E-state index in [-0.39, 0.29) is 0 Å². The Balaban J connectivity index is 2.32. The Morgan fingerprint density at radius 3 is 2.21 bits per heavy atom. The SMILES string of the molecule is CCNC(C(C)C)C(C)CC1CCC1. The molecule has 0 aromatic heterocycles. The van der Waals surface area contributed by atoms with E-state index < -0.39 is 0 Å². The van der Waals surface area contributed by atoms with Gasteiger partial charge in [0.25, 0.3) is 0 Å². The molecular weight excluding hydrogens is 170 g/mol. The third-order valence-corrected chi connectivity index (χ3v) is 3.70. The van der Waals surface area contributed by atoms with Crippen molar-refractivity contribution in [2.45, 2.75) is 59.4 Å². The molecule has 1 aliphatic rings. The van der Waals surface area contributed by atoms with E-state index in [1.807, 2.05) is 0 Å². The van der Waals surface area contributed by atoms with E-state index in [0.717, 1.165) is 30.3 Å². The van der Waals surface area contributed by atoms with Gasteiger partial charge in [-0.2, -0.15) is 0 Å². The zero-order valence-electron chi connectivity index (χ0n) is 10.3. The van der Waals surface area contributed by atoms with E-state index in [2.05, 4.69) is 33.0 Å². The summed E-state index contributed by atoms with van der Waals surface area (Å²) in [6.07, 6.45) is 5.89. The van der Waals surface area contributed by atoms with E-state index >= 15 is 0 Å². The first-order chi connectivity index (χ1) is 6.65. The quantitative estimate of drug-likeness (QED) is 0.688. The Morgan fingerprint density at radius 2 is 1.86 bits per heavy atom. The predicted octanol–water partition coefficient (Wildman–Crippen LogP) is 3.45. The molecule has 0 spiro atoms. The van der Waals surface area contributed by atoms with Crippen LogP contribution in [0, 0.1) is 17.8 Å². The molecule has 1 aliphatic carbocycles. The predicted molar refractivity (Wildman–Crippen MR) is 63.4 cm³/mol. The van der Waals surface area contributed by atoms with Gasteiger partial charge in [0.05, 0.1) is 0 Å². The summed E-state index contributed by atoms with van der Waals surface area (Å²) in [6.45, 7) is 10.4. The van der Waals surface area contributed by atoms with Gasteiger partial charge in [-0.25, -0.2) is 0 Å². The third kappa shape index (κ3) is 3.27. The highest BCUT2D eigenvalue weighted by Crippen LogP contribution is 2.33. The van der Waals surface area contributed by atoms with Crippen molar-refractivity contribution in [3.63, 3.8) is 0 Å². The fraction of sp³-hybridized carbons (Fsp3) is 1.00. The number of hydrogen-bond acceptors (Lipinski definition) is 1. The van der Waals surface area contributed by atoms with Crippen LogP contribution in [0.4, 0.5) is 0 Å². The summed E-state index contributed by atoms with van der Waals surface area (Å²) in [7, 11) is 0. The molecule has 1 rings (SSSR count). The monoisotopic (exact) mass is 197 g/mol. The molecule has 14 heavy (non-hydrogen) atoms. The van der Waals surface area contributed by atoms with Crippen LogP contribution >= 0.6 is 0 Å². The molecule has 0 aromatic carbocycles. The van der Waals surface area contributed by atoms with Crippen molar-refractivity contribution in [2.24, 2.45) is 17.8 Å². The zero-order chi connectivity index (χ0) is 10.6. The lowest BCUT2D eigenvalue weighted by Crippen LogP contribution is -2.40. The van der Waals surface area contributed by atoms with Gasteiger partial charge < -0.3 is 5.32 Å². The molecule has 0 radical (unpaired) electrons. The van der Waals surface area contributed by atoms with Crippen LogP contribution in [0.2, 0.25) is 0 Å². The van der Waals surface area contributed by atoms with Gasteiger partial charge in [-0.15, -0.1) is 0 Å². The minimum Gasteiger partial charge on any atom is -0.314 e. The Labute approximate surface area is 89.7 Å². The van der Waals surface area contributed by atoms with Crippen LogP contribution in [0.5, 0.6) is 0 Å². The lowest BCUT2D eigenvalue weighted by molar-refractivity contribution is 0.204. The highest BCUT2D eigenvalue weighted by atomic mass is 14.9. The van der Waals surface area contributed by atoms with Crippen LogP contribution in [-0.2, 0) is 0 Å². The van der Waals surface area contributed by atoms with Gasteiger partial charge in [-0.05, 0) is 30.7 Å². The summed E-state index contributed by atoms with van der Waals surface area (Å²) in [5, 5.41) is 3.64. The van der Waals surface area contributed by atoms with Gasteiger partial charge >= 0.3 is 0 Å². The van der Waals surface area contributed by atoms with Crippen LogP contribution in [0.25, 0.3) is 0 Å². The highest BCUT2D eigenvalue weighted by molar-refractivity contribution is 4.80. The lowest BCUT2D eigenvalue weighted by atomic mass is 9.76. The van der Waals surface area contributed by atoms with E-state index in [1.165, 1.54) is 25.7 Å². The van der Waals surface area contributed by atoms with Crippen molar-refractivity contribution < 1.29 is 0 Å².